The molecule has 0 radical (unpaired) electrons. The molecule has 0 atom stereocenters. The summed E-state index contributed by atoms with van der Waals surface area (Å²) in [6.45, 7) is 3.81. The van der Waals surface area contributed by atoms with E-state index in [1.165, 1.54) is 12.8 Å². The van der Waals surface area contributed by atoms with Crippen molar-refractivity contribution in [3.05, 3.63) is 42.5 Å². The molecule has 0 amide bonds. The van der Waals surface area contributed by atoms with Crippen LogP contribution in [0.1, 0.15) is 31.7 Å². The molecule has 0 aromatic carbocycles. The van der Waals surface area contributed by atoms with Gasteiger partial charge in [0.15, 0.2) is 5.65 Å². The number of hydrogen-bond acceptors (Lipinski definition) is 5. The summed E-state index contributed by atoms with van der Waals surface area (Å²) in [5.74, 6) is 0.600. The molecule has 114 valence electrons. The van der Waals surface area contributed by atoms with E-state index in [4.69, 9.17) is 0 Å². The van der Waals surface area contributed by atoms with Crippen LogP contribution in [0.25, 0.3) is 11.0 Å². The number of nitrogens with zero attached hydrogens (tertiary/aromatic N) is 5. The van der Waals surface area contributed by atoms with E-state index in [1.54, 1.807) is 12.4 Å². The van der Waals surface area contributed by atoms with Crippen molar-refractivity contribution in [2.24, 2.45) is 0 Å². The highest BCUT2D eigenvalue weighted by molar-refractivity contribution is 5.73. The Morgan fingerprint density at radius 1 is 1.18 bits per heavy atom. The van der Waals surface area contributed by atoms with Crippen molar-refractivity contribution in [3.63, 3.8) is 0 Å². The fourth-order valence-corrected chi connectivity index (χ4v) is 2.27. The molecule has 0 saturated heterocycles. The van der Waals surface area contributed by atoms with Gasteiger partial charge in [0.2, 0.25) is 5.95 Å². The van der Waals surface area contributed by atoms with E-state index < -0.39 is 0 Å². The minimum atomic E-state index is 0.600. The molecule has 3 heterocycles. The summed E-state index contributed by atoms with van der Waals surface area (Å²) in [5, 5.41) is 8.71. The zero-order chi connectivity index (χ0) is 15.2. The second kappa shape index (κ2) is 6.98. The van der Waals surface area contributed by atoms with Crippen LogP contribution in [-0.2, 0) is 13.1 Å². The number of aryl methyl sites for hydroxylation is 1. The third-order valence-corrected chi connectivity index (χ3v) is 3.50. The molecule has 0 saturated carbocycles. The molecule has 1 N–H and O–H groups in total. The van der Waals surface area contributed by atoms with Crippen LogP contribution in [0.4, 0.5) is 5.95 Å². The highest BCUT2D eigenvalue weighted by Gasteiger charge is 2.05. The number of nitrogens with one attached hydrogen (secondary N) is 1. The van der Waals surface area contributed by atoms with Gasteiger partial charge < -0.3 is 5.32 Å². The molecule has 6 nitrogen and oxygen atoms in total. The zero-order valence-corrected chi connectivity index (χ0v) is 12.7. The van der Waals surface area contributed by atoms with Gasteiger partial charge >= 0.3 is 0 Å². The Labute approximate surface area is 129 Å². The predicted molar refractivity (Wildman–Crippen MR) is 86.4 cm³/mol. The lowest BCUT2D eigenvalue weighted by molar-refractivity contribution is 0.556. The second-order valence-electron chi connectivity index (χ2n) is 5.28. The maximum absolute atomic E-state index is 4.52. The van der Waals surface area contributed by atoms with Crippen molar-refractivity contribution in [2.75, 3.05) is 5.32 Å². The molecular weight excluding hydrogens is 276 g/mol. The van der Waals surface area contributed by atoms with Gasteiger partial charge in [0.05, 0.1) is 5.39 Å². The lowest BCUT2D eigenvalue weighted by atomic mass is 10.2. The predicted octanol–water partition coefficient (Wildman–Crippen LogP) is 3.02. The van der Waals surface area contributed by atoms with Gasteiger partial charge in [-0.25, -0.2) is 4.98 Å². The van der Waals surface area contributed by atoms with Gasteiger partial charge in [-0.2, -0.15) is 10.1 Å². The molecule has 3 aromatic rings. The number of aromatic nitrogens is 5. The Balaban J connectivity index is 1.67. The summed E-state index contributed by atoms with van der Waals surface area (Å²) < 4.78 is 1.96. The van der Waals surface area contributed by atoms with E-state index in [1.807, 2.05) is 29.2 Å². The topological polar surface area (TPSA) is 68.5 Å². The average molecular weight is 296 g/mol. The van der Waals surface area contributed by atoms with Crippen molar-refractivity contribution in [1.82, 2.24) is 24.7 Å². The highest BCUT2D eigenvalue weighted by Crippen LogP contribution is 2.12. The molecule has 0 aliphatic rings. The van der Waals surface area contributed by atoms with E-state index in [-0.39, 0.29) is 0 Å². The summed E-state index contributed by atoms with van der Waals surface area (Å²) in [5.41, 5.74) is 1.88. The first-order valence-corrected chi connectivity index (χ1v) is 7.68. The van der Waals surface area contributed by atoms with Gasteiger partial charge in [0, 0.05) is 37.9 Å². The summed E-state index contributed by atoms with van der Waals surface area (Å²) in [7, 11) is 0. The first kappa shape index (κ1) is 14.4. The molecule has 0 aliphatic carbocycles. The maximum atomic E-state index is 4.52. The van der Waals surface area contributed by atoms with Crippen LogP contribution in [-0.4, -0.2) is 24.7 Å². The first-order valence-electron chi connectivity index (χ1n) is 7.68. The summed E-state index contributed by atoms with van der Waals surface area (Å²) in [6, 6.07) is 3.93. The molecule has 0 aliphatic heterocycles. The van der Waals surface area contributed by atoms with Crippen molar-refractivity contribution >= 4 is 17.0 Å². The second-order valence-corrected chi connectivity index (χ2v) is 5.28. The first-order chi connectivity index (χ1) is 10.8. The Bertz CT molecular complexity index is 722. The third-order valence-electron chi connectivity index (χ3n) is 3.50. The van der Waals surface area contributed by atoms with Crippen LogP contribution in [0.15, 0.2) is 36.9 Å². The van der Waals surface area contributed by atoms with Crippen LogP contribution in [0.5, 0.6) is 0 Å². The summed E-state index contributed by atoms with van der Waals surface area (Å²) in [4.78, 5) is 12.8. The van der Waals surface area contributed by atoms with Gasteiger partial charge in [-0.15, -0.1) is 0 Å². The standard InChI is InChI=1S/C16H20N6/c1-2-3-4-9-22-12-14-11-19-16(20-15(14)21-22)18-10-13-5-7-17-8-6-13/h5-8,11-12H,2-4,9-10H2,1H3,(H,18,20,21). The minimum Gasteiger partial charge on any atom is -0.350 e. The number of anilines is 1. The SMILES string of the molecule is CCCCCn1cc2cnc(NCc3ccncc3)nc2n1. The van der Waals surface area contributed by atoms with Crippen LogP contribution in [0.2, 0.25) is 0 Å². The van der Waals surface area contributed by atoms with E-state index >= 15 is 0 Å². The Morgan fingerprint density at radius 3 is 2.86 bits per heavy atom. The molecule has 0 unspecified atom stereocenters. The largest absolute Gasteiger partial charge is 0.350 e. The van der Waals surface area contributed by atoms with Crippen LogP contribution in [0.3, 0.4) is 0 Å². The molecule has 6 heteroatoms. The summed E-state index contributed by atoms with van der Waals surface area (Å²) in [6.07, 6.45) is 11.0. The van der Waals surface area contributed by atoms with E-state index in [0.29, 0.717) is 12.5 Å². The van der Waals surface area contributed by atoms with Crippen molar-refractivity contribution in [1.29, 1.82) is 0 Å². The van der Waals surface area contributed by atoms with Crippen LogP contribution < -0.4 is 5.32 Å². The number of fused-ring (bicyclic) bond motifs is 1. The fraction of sp³-hybridized carbons (Fsp3) is 0.375. The fourth-order valence-electron chi connectivity index (χ4n) is 2.27. The van der Waals surface area contributed by atoms with Gasteiger partial charge in [0.1, 0.15) is 0 Å². The Kier molecular flexibility index (Phi) is 4.58. The minimum absolute atomic E-state index is 0.600. The molecule has 0 spiro atoms. The highest BCUT2D eigenvalue weighted by atomic mass is 15.3. The van der Waals surface area contributed by atoms with E-state index in [0.717, 1.165) is 29.6 Å². The number of rotatable bonds is 7. The van der Waals surface area contributed by atoms with Gasteiger partial charge in [-0.1, -0.05) is 19.8 Å². The number of hydrogen-bond donors (Lipinski definition) is 1. The lowest BCUT2D eigenvalue weighted by Gasteiger charge is -2.03. The summed E-state index contributed by atoms with van der Waals surface area (Å²) >= 11 is 0. The Hall–Kier alpha value is -2.50. The van der Waals surface area contributed by atoms with E-state index in [9.17, 15) is 0 Å². The van der Waals surface area contributed by atoms with Crippen molar-refractivity contribution < 1.29 is 0 Å². The van der Waals surface area contributed by atoms with Gasteiger partial charge in [-0.05, 0) is 24.1 Å². The number of pyridine rings is 1. The quantitative estimate of drug-likeness (QED) is 0.679. The van der Waals surface area contributed by atoms with Crippen molar-refractivity contribution in [2.45, 2.75) is 39.3 Å². The third kappa shape index (κ3) is 3.58. The van der Waals surface area contributed by atoms with E-state index in [2.05, 4.69) is 32.3 Å². The van der Waals surface area contributed by atoms with Crippen LogP contribution >= 0.6 is 0 Å². The maximum Gasteiger partial charge on any atom is 0.225 e. The monoisotopic (exact) mass is 296 g/mol. The molecule has 0 fully saturated rings. The molecular formula is C16H20N6. The Morgan fingerprint density at radius 2 is 2.05 bits per heavy atom. The molecule has 0 bridgehead atoms. The molecule has 3 rings (SSSR count). The average Bonchev–Trinajstić information content (AvgIpc) is 2.96. The zero-order valence-electron chi connectivity index (χ0n) is 12.7. The molecule has 3 aromatic heterocycles. The molecule has 22 heavy (non-hydrogen) atoms. The van der Waals surface area contributed by atoms with Gasteiger partial charge in [-0.3, -0.25) is 9.67 Å². The van der Waals surface area contributed by atoms with Gasteiger partial charge in [0.25, 0.3) is 0 Å². The smallest absolute Gasteiger partial charge is 0.225 e. The number of unbranched alkanes of at least 4 members (excludes halogenated alkanes) is 2. The van der Waals surface area contributed by atoms with Crippen LogP contribution in [0, 0.1) is 0 Å². The van der Waals surface area contributed by atoms with Crippen molar-refractivity contribution in [3.8, 4) is 0 Å². The lowest BCUT2D eigenvalue weighted by Crippen LogP contribution is -2.03. The normalized spacial score (nSPS) is 11.0.